The molecule has 0 aromatic carbocycles. The number of ether oxygens (including phenoxy) is 3. The van der Waals surface area contributed by atoms with Gasteiger partial charge in [0.25, 0.3) is 0 Å². The van der Waals surface area contributed by atoms with Crippen molar-refractivity contribution in [1.29, 1.82) is 0 Å². The summed E-state index contributed by atoms with van der Waals surface area (Å²) in [6.45, 7) is 6.24. The van der Waals surface area contributed by atoms with Gasteiger partial charge >= 0.3 is 11.9 Å². The Morgan fingerprint density at radius 1 is 1.33 bits per heavy atom. The van der Waals surface area contributed by atoms with Gasteiger partial charge < -0.3 is 14.2 Å². The van der Waals surface area contributed by atoms with E-state index >= 15 is 0 Å². The molecule has 1 heterocycles. The molecular formula is C13H18O5. The predicted octanol–water partition coefficient (Wildman–Crippen LogP) is 1.28. The van der Waals surface area contributed by atoms with Gasteiger partial charge in [0, 0.05) is 12.2 Å². The molecule has 1 fully saturated rings. The number of fused-ring (bicyclic) bond motifs is 1. The molecule has 0 spiro atoms. The van der Waals surface area contributed by atoms with Crippen molar-refractivity contribution in [2.45, 2.75) is 27.1 Å². The second-order valence-electron chi connectivity index (χ2n) is 4.51. The fourth-order valence-corrected chi connectivity index (χ4v) is 2.68. The van der Waals surface area contributed by atoms with Crippen molar-refractivity contribution < 1.29 is 23.8 Å². The Morgan fingerprint density at radius 2 is 2.06 bits per heavy atom. The lowest BCUT2D eigenvalue weighted by Crippen LogP contribution is -2.27. The molecule has 0 N–H and O–H groups in total. The standard InChI is InChI=1S/C13H18O5/c1-4-16-11(14)8-6-7(3)9-10(8)13(17-5-2)18-12(9)15/h6-7,9-10,13H,4-5H2,1-3H3/t7-,9-,10+,13+/m0/s1. The summed E-state index contributed by atoms with van der Waals surface area (Å²) in [4.78, 5) is 23.7. The lowest BCUT2D eigenvalue weighted by molar-refractivity contribution is -0.166. The summed E-state index contributed by atoms with van der Waals surface area (Å²) in [5.41, 5.74) is 0.513. The van der Waals surface area contributed by atoms with Crippen LogP contribution in [0.2, 0.25) is 0 Å². The number of hydrogen-bond donors (Lipinski definition) is 0. The van der Waals surface area contributed by atoms with Crippen LogP contribution in [0.3, 0.4) is 0 Å². The summed E-state index contributed by atoms with van der Waals surface area (Å²) >= 11 is 0. The van der Waals surface area contributed by atoms with Gasteiger partial charge in [-0.25, -0.2) is 4.79 Å². The van der Waals surface area contributed by atoms with Crippen LogP contribution in [0, 0.1) is 17.8 Å². The van der Waals surface area contributed by atoms with Crippen molar-refractivity contribution >= 4 is 11.9 Å². The molecule has 5 nitrogen and oxygen atoms in total. The topological polar surface area (TPSA) is 61.8 Å². The van der Waals surface area contributed by atoms with Crippen molar-refractivity contribution in [2.24, 2.45) is 17.8 Å². The minimum Gasteiger partial charge on any atom is -0.463 e. The van der Waals surface area contributed by atoms with Gasteiger partial charge in [-0.3, -0.25) is 4.79 Å². The van der Waals surface area contributed by atoms with Crippen molar-refractivity contribution in [3.63, 3.8) is 0 Å². The quantitative estimate of drug-likeness (QED) is 0.707. The molecule has 100 valence electrons. The molecule has 0 amide bonds. The average Bonchev–Trinajstić information content (AvgIpc) is 2.81. The molecule has 4 atom stereocenters. The summed E-state index contributed by atoms with van der Waals surface area (Å²) in [5.74, 6) is -1.33. The van der Waals surface area contributed by atoms with Crippen LogP contribution in [-0.2, 0) is 23.8 Å². The maximum Gasteiger partial charge on any atom is 0.334 e. The van der Waals surface area contributed by atoms with Gasteiger partial charge in [-0.05, 0) is 19.8 Å². The van der Waals surface area contributed by atoms with E-state index in [1.54, 1.807) is 13.0 Å². The third-order valence-electron chi connectivity index (χ3n) is 3.39. The molecule has 0 radical (unpaired) electrons. The number of esters is 2. The minimum absolute atomic E-state index is 0.0210. The number of carbonyl (C=O) groups excluding carboxylic acids is 2. The number of hydrogen-bond acceptors (Lipinski definition) is 5. The van der Waals surface area contributed by atoms with E-state index in [9.17, 15) is 9.59 Å². The third kappa shape index (κ3) is 2.03. The molecule has 1 saturated heterocycles. The molecule has 5 heteroatoms. The number of carbonyl (C=O) groups is 2. The van der Waals surface area contributed by atoms with E-state index in [1.807, 2.05) is 13.8 Å². The lowest BCUT2D eigenvalue weighted by Gasteiger charge is -2.18. The van der Waals surface area contributed by atoms with Crippen LogP contribution in [0.25, 0.3) is 0 Å². The van der Waals surface area contributed by atoms with E-state index < -0.39 is 6.29 Å². The van der Waals surface area contributed by atoms with E-state index in [1.165, 1.54) is 0 Å². The van der Waals surface area contributed by atoms with Crippen molar-refractivity contribution in [3.8, 4) is 0 Å². The summed E-state index contributed by atoms with van der Waals surface area (Å²) in [6, 6.07) is 0. The molecule has 1 aliphatic carbocycles. The molecule has 1 aliphatic heterocycles. The second-order valence-corrected chi connectivity index (χ2v) is 4.51. The van der Waals surface area contributed by atoms with Crippen LogP contribution in [0.4, 0.5) is 0 Å². The fraction of sp³-hybridized carbons (Fsp3) is 0.692. The van der Waals surface area contributed by atoms with Crippen LogP contribution in [0.15, 0.2) is 11.6 Å². The predicted molar refractivity (Wildman–Crippen MR) is 62.4 cm³/mol. The van der Waals surface area contributed by atoms with Crippen LogP contribution in [0.5, 0.6) is 0 Å². The highest BCUT2D eigenvalue weighted by Gasteiger charge is 2.54. The van der Waals surface area contributed by atoms with Gasteiger partial charge in [-0.1, -0.05) is 13.0 Å². The smallest absolute Gasteiger partial charge is 0.334 e. The van der Waals surface area contributed by atoms with Crippen LogP contribution in [-0.4, -0.2) is 31.4 Å². The fourth-order valence-electron chi connectivity index (χ4n) is 2.68. The zero-order valence-electron chi connectivity index (χ0n) is 10.8. The van der Waals surface area contributed by atoms with Crippen molar-refractivity contribution in [1.82, 2.24) is 0 Å². The van der Waals surface area contributed by atoms with Gasteiger partial charge in [0.05, 0.1) is 18.4 Å². The Labute approximate surface area is 106 Å². The van der Waals surface area contributed by atoms with Crippen LogP contribution < -0.4 is 0 Å². The number of allylic oxidation sites excluding steroid dienone is 1. The zero-order chi connectivity index (χ0) is 13.3. The Hall–Kier alpha value is -1.36. The van der Waals surface area contributed by atoms with Crippen molar-refractivity contribution in [3.05, 3.63) is 11.6 Å². The molecule has 0 aromatic heterocycles. The molecule has 0 aromatic rings. The third-order valence-corrected chi connectivity index (χ3v) is 3.39. The summed E-state index contributed by atoms with van der Waals surface area (Å²) in [5, 5.41) is 0. The first-order chi connectivity index (χ1) is 8.60. The van der Waals surface area contributed by atoms with Gasteiger partial charge in [0.15, 0.2) is 0 Å². The summed E-state index contributed by atoms with van der Waals surface area (Å²) in [7, 11) is 0. The van der Waals surface area contributed by atoms with Gasteiger partial charge in [0.2, 0.25) is 6.29 Å². The van der Waals surface area contributed by atoms with E-state index in [0.717, 1.165) is 0 Å². The summed E-state index contributed by atoms with van der Waals surface area (Å²) in [6.07, 6.45) is 1.15. The second kappa shape index (κ2) is 5.10. The van der Waals surface area contributed by atoms with E-state index in [0.29, 0.717) is 18.8 Å². The van der Waals surface area contributed by atoms with Gasteiger partial charge in [-0.2, -0.15) is 0 Å². The van der Waals surface area contributed by atoms with Crippen molar-refractivity contribution in [2.75, 3.05) is 13.2 Å². The SMILES string of the molecule is CCOC(=O)C1=C[C@H](C)[C@@H]2C(=O)O[C@@H](OCC)[C@H]12. The molecule has 2 rings (SSSR count). The Morgan fingerprint density at radius 3 is 2.67 bits per heavy atom. The normalized spacial score (nSPS) is 33.9. The Kier molecular flexibility index (Phi) is 3.71. The first-order valence-corrected chi connectivity index (χ1v) is 6.31. The number of rotatable bonds is 4. The highest BCUT2D eigenvalue weighted by molar-refractivity contribution is 5.93. The van der Waals surface area contributed by atoms with Crippen LogP contribution >= 0.6 is 0 Å². The lowest BCUT2D eigenvalue weighted by atomic mass is 9.88. The highest BCUT2D eigenvalue weighted by Crippen LogP contribution is 2.45. The first kappa shape index (κ1) is 13.1. The zero-order valence-corrected chi connectivity index (χ0v) is 10.8. The maximum atomic E-state index is 11.9. The van der Waals surface area contributed by atoms with E-state index in [2.05, 4.69) is 0 Å². The Balaban J connectivity index is 2.23. The van der Waals surface area contributed by atoms with Crippen LogP contribution in [0.1, 0.15) is 20.8 Å². The average molecular weight is 254 g/mol. The largest absolute Gasteiger partial charge is 0.463 e. The highest BCUT2D eigenvalue weighted by atomic mass is 16.7. The first-order valence-electron chi connectivity index (χ1n) is 6.31. The van der Waals surface area contributed by atoms with Gasteiger partial charge in [-0.15, -0.1) is 0 Å². The Bertz CT molecular complexity index is 387. The monoisotopic (exact) mass is 254 g/mol. The molecule has 0 saturated carbocycles. The number of cyclic esters (lactones) is 1. The molecule has 0 unspecified atom stereocenters. The van der Waals surface area contributed by atoms with E-state index in [-0.39, 0.29) is 29.7 Å². The summed E-state index contributed by atoms with van der Waals surface area (Å²) < 4.78 is 15.6. The van der Waals surface area contributed by atoms with Gasteiger partial charge in [0.1, 0.15) is 0 Å². The molecule has 0 bridgehead atoms. The maximum absolute atomic E-state index is 11.9. The molecular weight excluding hydrogens is 236 g/mol. The molecule has 2 aliphatic rings. The minimum atomic E-state index is -0.659. The van der Waals surface area contributed by atoms with E-state index in [4.69, 9.17) is 14.2 Å². The molecule has 18 heavy (non-hydrogen) atoms.